The van der Waals surface area contributed by atoms with Crippen LogP contribution in [0, 0.1) is 0 Å². The number of alkyl halides is 10. The first-order valence-electron chi connectivity index (χ1n) is 9.90. The van der Waals surface area contributed by atoms with Crippen LogP contribution in [0.1, 0.15) is 26.2 Å². The van der Waals surface area contributed by atoms with E-state index in [-0.39, 0.29) is 19.6 Å². The molecule has 0 radical (unpaired) electrons. The van der Waals surface area contributed by atoms with Crippen molar-refractivity contribution in [1.82, 2.24) is 0 Å². The van der Waals surface area contributed by atoms with Crippen LogP contribution in [0.5, 0.6) is 0 Å². The fourth-order valence-electron chi connectivity index (χ4n) is 1.94. The van der Waals surface area contributed by atoms with Crippen LogP contribution in [0.2, 0.25) is 0 Å². The topological polar surface area (TPSA) is 95.8 Å². The van der Waals surface area contributed by atoms with Crippen LogP contribution >= 0.6 is 0 Å². The first-order valence-corrected chi connectivity index (χ1v) is 9.90. The van der Waals surface area contributed by atoms with Gasteiger partial charge in [0.2, 0.25) is 0 Å². The van der Waals surface area contributed by atoms with Gasteiger partial charge in [-0.3, -0.25) is 0 Å². The van der Waals surface area contributed by atoms with Crippen molar-refractivity contribution in [2.24, 2.45) is 0 Å². The van der Waals surface area contributed by atoms with Gasteiger partial charge < -0.3 is 24.4 Å². The zero-order valence-corrected chi connectivity index (χ0v) is 18.3. The van der Waals surface area contributed by atoms with Gasteiger partial charge in [-0.25, -0.2) is 14.2 Å². The summed E-state index contributed by atoms with van der Waals surface area (Å²) in [4.78, 5) is 0. The van der Waals surface area contributed by atoms with Crippen molar-refractivity contribution in [3.05, 3.63) is 0 Å². The molecule has 0 aliphatic rings. The minimum atomic E-state index is -6.58. The Morgan fingerprint density at radius 2 is 1.17 bits per heavy atom. The lowest BCUT2D eigenvalue weighted by Gasteiger charge is -2.31. The van der Waals surface area contributed by atoms with E-state index in [4.69, 9.17) is 9.84 Å². The van der Waals surface area contributed by atoms with Crippen molar-refractivity contribution >= 4 is 0 Å². The van der Waals surface area contributed by atoms with E-state index in [0.717, 1.165) is 0 Å². The second kappa shape index (κ2) is 14.7. The van der Waals surface area contributed by atoms with Crippen LogP contribution in [-0.4, -0.2) is 93.3 Å². The highest BCUT2D eigenvalue weighted by Gasteiger charge is 2.68. The molecule has 0 heterocycles. The van der Waals surface area contributed by atoms with Gasteiger partial charge in [-0.2, -0.15) is 35.1 Å². The summed E-state index contributed by atoms with van der Waals surface area (Å²) in [6.45, 7) is -4.41. The van der Waals surface area contributed by atoms with Crippen LogP contribution in [0.3, 0.4) is 0 Å². The van der Waals surface area contributed by atoms with Crippen LogP contribution in [0.15, 0.2) is 0 Å². The van der Waals surface area contributed by atoms with E-state index < -0.39 is 69.9 Å². The lowest BCUT2D eigenvalue weighted by molar-refractivity contribution is -0.566. The SMILES string of the molecule is CCCOCC(F)(F)OC(F)(F)C(F)(F)OC(F)(F)OC(F)(F)COCC(O)COCCCCO. The molecular formula is C17H26F10O8. The van der Waals surface area contributed by atoms with Gasteiger partial charge in [-0.15, -0.1) is 8.78 Å². The van der Waals surface area contributed by atoms with Gasteiger partial charge in [0, 0.05) is 19.8 Å². The molecule has 0 amide bonds. The maximum atomic E-state index is 13.4. The third-order valence-corrected chi connectivity index (χ3v) is 3.34. The Labute approximate surface area is 193 Å². The smallest absolute Gasteiger partial charge is 0.396 e. The Morgan fingerprint density at radius 3 is 1.74 bits per heavy atom. The highest BCUT2D eigenvalue weighted by molar-refractivity contribution is 4.71. The second-order valence-corrected chi connectivity index (χ2v) is 6.80. The van der Waals surface area contributed by atoms with Gasteiger partial charge in [0.15, 0.2) is 0 Å². The molecule has 0 bridgehead atoms. The maximum Gasteiger partial charge on any atom is 0.495 e. The number of aliphatic hydroxyl groups excluding tert-OH is 2. The first-order chi connectivity index (χ1) is 15.9. The van der Waals surface area contributed by atoms with E-state index in [1.807, 2.05) is 0 Å². The molecule has 8 nitrogen and oxygen atoms in total. The summed E-state index contributed by atoms with van der Waals surface area (Å²) < 4.78 is 154. The monoisotopic (exact) mass is 548 g/mol. The van der Waals surface area contributed by atoms with Crippen molar-refractivity contribution < 1.29 is 82.5 Å². The molecule has 0 saturated carbocycles. The van der Waals surface area contributed by atoms with Gasteiger partial charge in [-0.1, -0.05) is 6.92 Å². The molecule has 0 aliphatic heterocycles. The minimum Gasteiger partial charge on any atom is -0.396 e. The molecule has 1 unspecified atom stereocenters. The minimum absolute atomic E-state index is 0.0840. The van der Waals surface area contributed by atoms with E-state index in [1.165, 1.54) is 6.92 Å². The van der Waals surface area contributed by atoms with Crippen molar-refractivity contribution in [2.75, 3.05) is 46.2 Å². The summed E-state index contributed by atoms with van der Waals surface area (Å²) in [5.74, 6) is 0. The van der Waals surface area contributed by atoms with Gasteiger partial charge in [0.05, 0.1) is 13.2 Å². The molecule has 2 N–H and O–H groups in total. The van der Waals surface area contributed by atoms with E-state index in [9.17, 15) is 49.0 Å². The Kier molecular flexibility index (Phi) is 14.2. The molecular weight excluding hydrogens is 522 g/mol. The summed E-state index contributed by atoms with van der Waals surface area (Å²) in [7, 11) is 0. The molecule has 0 spiro atoms. The van der Waals surface area contributed by atoms with Crippen LogP contribution in [0.25, 0.3) is 0 Å². The van der Waals surface area contributed by atoms with E-state index >= 15 is 0 Å². The van der Waals surface area contributed by atoms with Crippen molar-refractivity contribution in [3.63, 3.8) is 0 Å². The molecule has 35 heavy (non-hydrogen) atoms. The number of hydrogen-bond donors (Lipinski definition) is 2. The average molecular weight is 548 g/mol. The number of rotatable bonds is 21. The van der Waals surface area contributed by atoms with Crippen LogP contribution in [-0.2, 0) is 28.4 Å². The molecule has 18 heteroatoms. The highest BCUT2D eigenvalue weighted by atomic mass is 19.3. The molecule has 0 fully saturated rings. The molecule has 0 aromatic carbocycles. The van der Waals surface area contributed by atoms with E-state index in [2.05, 4.69) is 23.7 Å². The van der Waals surface area contributed by atoms with Crippen molar-refractivity contribution in [3.8, 4) is 0 Å². The molecule has 0 saturated heterocycles. The van der Waals surface area contributed by atoms with Crippen LogP contribution < -0.4 is 0 Å². The zero-order valence-electron chi connectivity index (χ0n) is 18.3. The van der Waals surface area contributed by atoms with E-state index in [1.54, 1.807) is 0 Å². The van der Waals surface area contributed by atoms with Gasteiger partial charge in [0.25, 0.3) is 0 Å². The highest BCUT2D eigenvalue weighted by Crippen LogP contribution is 2.44. The number of hydrogen-bond acceptors (Lipinski definition) is 8. The fraction of sp³-hybridized carbons (Fsp3) is 1.00. The molecule has 0 aromatic rings. The molecule has 212 valence electrons. The number of unbranched alkanes of at least 4 members (excludes halogenated alkanes) is 1. The Bertz CT molecular complexity index is 583. The zero-order chi connectivity index (χ0) is 27.4. The van der Waals surface area contributed by atoms with Gasteiger partial charge in [-0.05, 0) is 19.3 Å². The lowest BCUT2D eigenvalue weighted by atomic mass is 10.3. The summed E-state index contributed by atoms with van der Waals surface area (Å²) in [5, 5.41) is 18.0. The Balaban J connectivity index is 4.77. The van der Waals surface area contributed by atoms with E-state index in [0.29, 0.717) is 12.8 Å². The predicted octanol–water partition coefficient (Wildman–Crippen LogP) is 3.55. The Hall–Kier alpha value is -1.02. The number of halogens is 10. The summed E-state index contributed by atoms with van der Waals surface area (Å²) in [6, 6.07) is 0. The van der Waals surface area contributed by atoms with Crippen molar-refractivity contribution in [1.29, 1.82) is 0 Å². The van der Waals surface area contributed by atoms with Gasteiger partial charge >= 0.3 is 30.7 Å². The number of ether oxygens (including phenoxy) is 6. The quantitative estimate of drug-likeness (QED) is 0.128. The third-order valence-electron chi connectivity index (χ3n) is 3.34. The fourth-order valence-corrected chi connectivity index (χ4v) is 1.94. The third kappa shape index (κ3) is 15.0. The Morgan fingerprint density at radius 1 is 0.657 bits per heavy atom. The average Bonchev–Trinajstić information content (AvgIpc) is 2.64. The molecule has 0 rings (SSSR count). The van der Waals surface area contributed by atoms with Crippen molar-refractivity contribution in [2.45, 2.75) is 63.0 Å². The van der Waals surface area contributed by atoms with Gasteiger partial charge in [0.1, 0.15) is 19.3 Å². The molecule has 1 atom stereocenters. The standard InChI is InChI=1S/C17H26F10O8/c1-2-6-31-10-13(18,19)33-15(22,23)16(24,25)35-17(26,27)34-14(20,21)11-32-9-12(29)8-30-7-4-3-5-28/h12,28-29H,2-11H2,1H3. The first kappa shape index (κ1) is 34.0. The maximum absolute atomic E-state index is 13.4. The van der Waals surface area contributed by atoms with Crippen LogP contribution in [0.4, 0.5) is 43.9 Å². The summed E-state index contributed by atoms with van der Waals surface area (Å²) in [6.07, 6.45) is -30.0. The number of aliphatic hydroxyl groups is 2. The summed E-state index contributed by atoms with van der Waals surface area (Å²) in [5.41, 5.74) is 0. The molecule has 0 aliphatic carbocycles. The normalized spacial score (nSPS) is 15.0. The lowest BCUT2D eigenvalue weighted by Crippen LogP contribution is -2.54. The predicted molar refractivity (Wildman–Crippen MR) is 93.1 cm³/mol. The summed E-state index contributed by atoms with van der Waals surface area (Å²) >= 11 is 0. The second-order valence-electron chi connectivity index (χ2n) is 6.80. The molecule has 0 aromatic heterocycles. The largest absolute Gasteiger partial charge is 0.495 e.